The van der Waals surface area contributed by atoms with Gasteiger partial charge in [0.15, 0.2) is 20.8 Å². The summed E-state index contributed by atoms with van der Waals surface area (Å²) in [7, 11) is -3.49. The zero-order valence-electron chi connectivity index (χ0n) is 16.6. The number of rotatable bonds is 6. The van der Waals surface area contributed by atoms with Crippen LogP contribution in [0, 0.1) is 13.8 Å². The summed E-state index contributed by atoms with van der Waals surface area (Å²) in [5, 5.41) is 13.5. The van der Waals surface area contributed by atoms with Crippen LogP contribution in [0.3, 0.4) is 0 Å². The van der Waals surface area contributed by atoms with Crippen LogP contribution in [0.4, 0.5) is 23.1 Å². The van der Waals surface area contributed by atoms with Crippen LogP contribution >= 0.6 is 11.6 Å². The third kappa shape index (κ3) is 4.65. The number of aryl methyl sites for hydroxylation is 2. The third-order valence-electron chi connectivity index (χ3n) is 4.34. The Hall–Kier alpha value is -2.71. The van der Waals surface area contributed by atoms with Gasteiger partial charge in [-0.2, -0.15) is 4.98 Å². The number of aromatic nitrogens is 3. The van der Waals surface area contributed by atoms with Crippen LogP contribution in [0.5, 0.6) is 0 Å². The van der Waals surface area contributed by atoms with Crippen LogP contribution in [0.1, 0.15) is 25.0 Å². The number of sulfone groups is 1. The van der Waals surface area contributed by atoms with Gasteiger partial charge < -0.3 is 10.6 Å². The number of hydrogen-bond donors (Lipinski definition) is 2. The molecule has 0 amide bonds. The second kappa shape index (κ2) is 8.34. The van der Waals surface area contributed by atoms with Crippen molar-refractivity contribution < 1.29 is 8.42 Å². The lowest BCUT2D eigenvalue weighted by atomic mass is 10.1. The first-order valence-corrected chi connectivity index (χ1v) is 11.0. The van der Waals surface area contributed by atoms with Gasteiger partial charge in [0.05, 0.1) is 15.8 Å². The SMILES string of the molecule is Cc1ccc(Nc2nnc(Cl)c(Nc3ccccc3S(=O)(=O)C(C)C)n2)c(C)c1. The molecule has 0 fully saturated rings. The number of para-hydroxylation sites is 1. The minimum Gasteiger partial charge on any atom is -0.336 e. The molecule has 9 heteroatoms. The van der Waals surface area contributed by atoms with E-state index in [1.54, 1.807) is 38.1 Å². The molecule has 0 radical (unpaired) electrons. The Morgan fingerprint density at radius 1 is 0.966 bits per heavy atom. The molecule has 1 aromatic heterocycles. The first-order chi connectivity index (χ1) is 13.7. The molecular formula is C20H22ClN5O2S. The molecule has 3 rings (SSSR count). The standard InChI is InChI=1S/C20H22ClN5O2S/c1-12(2)29(27,28)17-8-6-5-7-16(17)22-19-18(21)25-26-20(24-19)23-15-10-9-13(3)11-14(15)4/h5-12H,1-4H3,(H2,22,23,24,26). The second-order valence-corrected chi connectivity index (χ2v) is 9.76. The van der Waals surface area contributed by atoms with Crippen LogP contribution < -0.4 is 10.6 Å². The summed E-state index contributed by atoms with van der Waals surface area (Å²) in [5.41, 5.74) is 3.40. The van der Waals surface area contributed by atoms with E-state index >= 15 is 0 Å². The average molecular weight is 432 g/mol. The van der Waals surface area contributed by atoms with E-state index in [1.165, 1.54) is 0 Å². The molecule has 0 bridgehead atoms. The highest BCUT2D eigenvalue weighted by Crippen LogP contribution is 2.30. The third-order valence-corrected chi connectivity index (χ3v) is 6.81. The van der Waals surface area contributed by atoms with Crippen molar-refractivity contribution in [3.05, 3.63) is 58.7 Å². The van der Waals surface area contributed by atoms with E-state index in [0.717, 1.165) is 16.8 Å². The molecule has 0 aliphatic heterocycles. The lowest BCUT2D eigenvalue weighted by Gasteiger charge is -2.15. The summed E-state index contributed by atoms with van der Waals surface area (Å²) in [4.78, 5) is 4.55. The highest BCUT2D eigenvalue weighted by Gasteiger charge is 2.23. The topological polar surface area (TPSA) is 96.9 Å². The monoisotopic (exact) mass is 431 g/mol. The second-order valence-electron chi connectivity index (χ2n) is 6.93. The van der Waals surface area contributed by atoms with E-state index in [-0.39, 0.29) is 21.8 Å². The molecule has 3 aromatic rings. The number of halogens is 1. The van der Waals surface area contributed by atoms with E-state index in [1.807, 2.05) is 32.0 Å². The maximum Gasteiger partial charge on any atom is 0.249 e. The number of nitrogens with one attached hydrogen (secondary N) is 2. The molecule has 0 atom stereocenters. The molecule has 152 valence electrons. The molecule has 0 aliphatic carbocycles. The van der Waals surface area contributed by atoms with Gasteiger partial charge in [-0.25, -0.2) is 8.42 Å². The van der Waals surface area contributed by atoms with Crippen LogP contribution in [0.25, 0.3) is 0 Å². The normalized spacial score (nSPS) is 11.5. The summed E-state index contributed by atoms with van der Waals surface area (Å²) in [6.45, 7) is 7.27. The summed E-state index contributed by atoms with van der Waals surface area (Å²) in [6.07, 6.45) is 0. The van der Waals surface area contributed by atoms with Crippen molar-refractivity contribution in [3.8, 4) is 0 Å². The van der Waals surface area contributed by atoms with Crippen molar-refractivity contribution in [1.29, 1.82) is 0 Å². The maximum atomic E-state index is 12.7. The zero-order valence-corrected chi connectivity index (χ0v) is 18.1. The van der Waals surface area contributed by atoms with Crippen LogP contribution in [0.15, 0.2) is 47.4 Å². The van der Waals surface area contributed by atoms with Crippen LogP contribution in [-0.2, 0) is 9.84 Å². The molecule has 29 heavy (non-hydrogen) atoms. The van der Waals surface area contributed by atoms with Gasteiger partial charge in [-0.15, -0.1) is 10.2 Å². The van der Waals surface area contributed by atoms with Gasteiger partial charge >= 0.3 is 0 Å². The first-order valence-electron chi connectivity index (χ1n) is 9.03. The average Bonchev–Trinajstić information content (AvgIpc) is 2.67. The minimum absolute atomic E-state index is 0.0351. The van der Waals surface area contributed by atoms with Gasteiger partial charge in [0.1, 0.15) is 0 Å². The maximum absolute atomic E-state index is 12.7. The van der Waals surface area contributed by atoms with E-state index in [2.05, 4.69) is 25.8 Å². The van der Waals surface area contributed by atoms with Crippen molar-refractivity contribution in [2.24, 2.45) is 0 Å². The van der Waals surface area contributed by atoms with Crippen molar-refractivity contribution >= 4 is 44.6 Å². The Morgan fingerprint density at radius 2 is 1.69 bits per heavy atom. The summed E-state index contributed by atoms with van der Waals surface area (Å²) in [5.74, 6) is 0.452. The molecule has 1 heterocycles. The van der Waals surface area contributed by atoms with Crippen molar-refractivity contribution in [1.82, 2.24) is 15.2 Å². The summed E-state index contributed by atoms with van der Waals surface area (Å²) in [6, 6.07) is 12.6. The van der Waals surface area contributed by atoms with Gasteiger partial charge in [0.25, 0.3) is 0 Å². The predicted octanol–water partition coefficient (Wildman–Crippen LogP) is 4.81. The lowest BCUT2D eigenvalue weighted by Crippen LogP contribution is -2.16. The van der Waals surface area contributed by atoms with E-state index < -0.39 is 15.1 Å². The fourth-order valence-corrected chi connectivity index (χ4v) is 4.05. The highest BCUT2D eigenvalue weighted by molar-refractivity contribution is 7.92. The molecule has 7 nitrogen and oxygen atoms in total. The van der Waals surface area contributed by atoms with Gasteiger partial charge in [-0.05, 0) is 51.5 Å². The largest absolute Gasteiger partial charge is 0.336 e. The number of anilines is 4. The number of hydrogen-bond acceptors (Lipinski definition) is 7. The van der Waals surface area contributed by atoms with Crippen LogP contribution in [0.2, 0.25) is 5.15 Å². The van der Waals surface area contributed by atoms with Crippen LogP contribution in [-0.4, -0.2) is 28.8 Å². The molecule has 2 N–H and O–H groups in total. The van der Waals surface area contributed by atoms with E-state index in [9.17, 15) is 8.42 Å². The molecule has 0 unspecified atom stereocenters. The molecule has 0 saturated carbocycles. The molecule has 2 aromatic carbocycles. The smallest absolute Gasteiger partial charge is 0.249 e. The van der Waals surface area contributed by atoms with Gasteiger partial charge in [0.2, 0.25) is 5.95 Å². The Bertz CT molecular complexity index is 1150. The Morgan fingerprint density at radius 3 is 2.38 bits per heavy atom. The summed E-state index contributed by atoms with van der Waals surface area (Å²) >= 11 is 6.15. The molecular weight excluding hydrogens is 410 g/mol. The first kappa shape index (κ1) is 21.0. The molecule has 0 saturated heterocycles. The van der Waals surface area contributed by atoms with Gasteiger partial charge in [0, 0.05) is 5.69 Å². The summed E-state index contributed by atoms with van der Waals surface area (Å²) < 4.78 is 25.3. The Labute approximate surface area is 175 Å². The van der Waals surface area contributed by atoms with E-state index in [4.69, 9.17) is 11.6 Å². The number of benzene rings is 2. The zero-order chi connectivity index (χ0) is 21.2. The number of nitrogens with zero attached hydrogens (tertiary/aromatic N) is 3. The van der Waals surface area contributed by atoms with Gasteiger partial charge in [-0.1, -0.05) is 41.4 Å². The van der Waals surface area contributed by atoms with Crippen molar-refractivity contribution in [2.75, 3.05) is 10.6 Å². The predicted molar refractivity (Wildman–Crippen MR) is 116 cm³/mol. The minimum atomic E-state index is -3.49. The highest BCUT2D eigenvalue weighted by atomic mass is 35.5. The van der Waals surface area contributed by atoms with Crippen molar-refractivity contribution in [2.45, 2.75) is 37.8 Å². The fourth-order valence-electron chi connectivity index (χ4n) is 2.72. The Balaban J connectivity index is 1.95. The quantitative estimate of drug-likeness (QED) is 0.577. The van der Waals surface area contributed by atoms with Gasteiger partial charge in [-0.3, -0.25) is 0 Å². The van der Waals surface area contributed by atoms with Crippen molar-refractivity contribution in [3.63, 3.8) is 0 Å². The molecule has 0 aliphatic rings. The lowest BCUT2D eigenvalue weighted by molar-refractivity contribution is 0.588. The van der Waals surface area contributed by atoms with E-state index in [0.29, 0.717) is 5.69 Å². The molecule has 0 spiro atoms. The Kier molecular flexibility index (Phi) is 6.04. The fraction of sp³-hybridized carbons (Fsp3) is 0.250.